The number of nitrogens with zero attached hydrogens (tertiary/aromatic N) is 7. The molecule has 388 valence electrons. The van der Waals surface area contributed by atoms with Crippen LogP contribution < -0.4 is 0 Å². The average molecular weight is 1060 g/mol. The molecule has 15 aromatic rings. The summed E-state index contributed by atoms with van der Waals surface area (Å²) in [6.45, 7) is 0. The van der Waals surface area contributed by atoms with Gasteiger partial charge in [-0.3, -0.25) is 10.1 Å². The van der Waals surface area contributed by atoms with Crippen LogP contribution in [0.5, 0.6) is 0 Å². The zero-order valence-electron chi connectivity index (χ0n) is 44.1. The van der Waals surface area contributed by atoms with Gasteiger partial charge in [0.05, 0.1) is 49.8 Å². The minimum atomic E-state index is -0.338. The van der Waals surface area contributed by atoms with Crippen LogP contribution in [-0.2, 0) is 0 Å². The molecule has 10 nitrogen and oxygen atoms in total. The molecule has 5 heterocycles. The highest BCUT2D eigenvalue weighted by molar-refractivity contribution is 6.16. The van der Waals surface area contributed by atoms with Crippen molar-refractivity contribution in [1.29, 1.82) is 0 Å². The Morgan fingerprint density at radius 1 is 0.366 bits per heavy atom. The number of nitro benzene ring substituents is 1. The molecule has 1 N–H and O–H groups in total. The molecule has 0 amide bonds. The second-order valence-corrected chi connectivity index (χ2v) is 20.0. The van der Waals surface area contributed by atoms with Gasteiger partial charge in [0.2, 0.25) is 0 Å². The van der Waals surface area contributed by atoms with Crippen LogP contribution in [-0.4, -0.2) is 39.0 Å². The van der Waals surface area contributed by atoms with E-state index in [1.807, 2.05) is 134 Å². The molecule has 0 saturated heterocycles. The fourth-order valence-corrected chi connectivity index (χ4v) is 10.9. The summed E-state index contributed by atoms with van der Waals surface area (Å²) in [6, 6.07) is 91.5. The third-order valence-corrected chi connectivity index (χ3v) is 14.9. The number of hydrogen-bond donors (Lipinski definition) is 1. The van der Waals surface area contributed by atoms with E-state index < -0.39 is 0 Å². The SMILES string of the molecule is O=[N+]([O-])c1ccccc1-c1ccc2ccn(-c3cccc(-c4nc(-c5ccccc5)cc(-c5ccccc5)n4)c3)c2c1.c1ccc(-c2cc(-c3ccccc3)nc(-c3cccc(-n4ccc5ccc6c7ccccc7[nH]c6c54)c3)n2)cc1. The largest absolute Gasteiger partial charge is 0.353 e. The van der Waals surface area contributed by atoms with Gasteiger partial charge in [0.15, 0.2) is 11.6 Å². The summed E-state index contributed by atoms with van der Waals surface area (Å²) in [7, 11) is 0. The lowest BCUT2D eigenvalue weighted by atomic mass is 10.0. The Labute approximate surface area is 471 Å². The van der Waals surface area contributed by atoms with Crippen molar-refractivity contribution in [2.24, 2.45) is 0 Å². The highest BCUT2D eigenvalue weighted by Crippen LogP contribution is 2.37. The van der Waals surface area contributed by atoms with Crippen molar-refractivity contribution in [1.82, 2.24) is 34.1 Å². The predicted octanol–water partition coefficient (Wildman–Crippen LogP) is 18.1. The van der Waals surface area contributed by atoms with E-state index in [1.165, 1.54) is 22.2 Å². The van der Waals surface area contributed by atoms with Gasteiger partial charge >= 0.3 is 0 Å². The number of nitro groups is 1. The van der Waals surface area contributed by atoms with Gasteiger partial charge in [-0.05, 0) is 77.7 Å². The molecule has 0 saturated carbocycles. The van der Waals surface area contributed by atoms with Crippen molar-refractivity contribution in [2.45, 2.75) is 0 Å². The van der Waals surface area contributed by atoms with E-state index in [1.54, 1.807) is 12.1 Å². The summed E-state index contributed by atoms with van der Waals surface area (Å²) in [4.78, 5) is 35.1. The smallest absolute Gasteiger partial charge is 0.277 e. The van der Waals surface area contributed by atoms with Crippen LogP contribution in [0.2, 0.25) is 0 Å². The first-order valence-corrected chi connectivity index (χ1v) is 27.0. The second kappa shape index (κ2) is 21.1. The number of aromatic amines is 1. The molecule has 15 rings (SSSR count). The van der Waals surface area contributed by atoms with Gasteiger partial charge in [0.1, 0.15) is 0 Å². The molecule has 0 unspecified atom stereocenters. The van der Waals surface area contributed by atoms with Crippen LogP contribution in [0, 0.1) is 10.1 Å². The summed E-state index contributed by atoms with van der Waals surface area (Å²) < 4.78 is 4.35. The van der Waals surface area contributed by atoms with Gasteiger partial charge in [-0.1, -0.05) is 200 Å². The number of aromatic nitrogens is 7. The first kappa shape index (κ1) is 49.0. The molecule has 0 aliphatic heterocycles. The van der Waals surface area contributed by atoms with E-state index in [9.17, 15) is 10.1 Å². The maximum Gasteiger partial charge on any atom is 0.277 e. The highest BCUT2D eigenvalue weighted by atomic mass is 16.6. The highest BCUT2D eigenvalue weighted by Gasteiger charge is 2.18. The van der Waals surface area contributed by atoms with Gasteiger partial charge in [-0.25, -0.2) is 19.9 Å². The van der Waals surface area contributed by atoms with Gasteiger partial charge in [-0.15, -0.1) is 0 Å². The number of para-hydroxylation sites is 2. The molecule has 5 aromatic heterocycles. The number of rotatable bonds is 10. The Bertz CT molecular complexity index is 4730. The van der Waals surface area contributed by atoms with Gasteiger partial charge in [0, 0.05) is 84.9 Å². The first-order chi connectivity index (χ1) is 40.5. The molecule has 82 heavy (non-hydrogen) atoms. The summed E-state index contributed by atoms with van der Waals surface area (Å²) in [6.07, 6.45) is 4.16. The van der Waals surface area contributed by atoms with Gasteiger partial charge in [-0.2, -0.15) is 0 Å². The zero-order chi connectivity index (χ0) is 54.9. The predicted molar refractivity (Wildman–Crippen MR) is 332 cm³/mol. The Kier molecular flexibility index (Phi) is 12.6. The van der Waals surface area contributed by atoms with E-state index >= 15 is 0 Å². The van der Waals surface area contributed by atoms with Crippen LogP contribution in [0.15, 0.2) is 285 Å². The lowest BCUT2D eigenvalue weighted by molar-refractivity contribution is -0.384. The minimum Gasteiger partial charge on any atom is -0.353 e. The molecule has 10 heteroatoms. The third-order valence-electron chi connectivity index (χ3n) is 14.9. The number of benzene rings is 10. The summed E-state index contributed by atoms with van der Waals surface area (Å²) in [5.74, 6) is 1.34. The molecule has 0 bridgehead atoms. The summed E-state index contributed by atoms with van der Waals surface area (Å²) in [5.41, 5.74) is 17.4. The van der Waals surface area contributed by atoms with Gasteiger partial charge < -0.3 is 14.1 Å². The maximum absolute atomic E-state index is 11.7. The summed E-state index contributed by atoms with van der Waals surface area (Å²) in [5, 5.41) is 16.4. The Morgan fingerprint density at radius 3 is 1.39 bits per heavy atom. The zero-order valence-corrected chi connectivity index (χ0v) is 44.1. The third kappa shape index (κ3) is 9.41. The van der Waals surface area contributed by atoms with E-state index in [2.05, 4.69) is 148 Å². The number of H-pyrrole nitrogens is 1. The van der Waals surface area contributed by atoms with Crippen LogP contribution >= 0.6 is 0 Å². The van der Waals surface area contributed by atoms with E-state index in [-0.39, 0.29) is 10.6 Å². The molecule has 0 fully saturated rings. The Balaban J connectivity index is 0.000000147. The number of fused-ring (bicyclic) bond motifs is 6. The molecular formula is C72H48N8O2. The molecule has 0 aliphatic carbocycles. The molecule has 0 atom stereocenters. The topological polar surface area (TPSA) is 120 Å². The monoisotopic (exact) mass is 1060 g/mol. The summed E-state index contributed by atoms with van der Waals surface area (Å²) >= 11 is 0. The molecular weight excluding hydrogens is 1010 g/mol. The number of nitrogens with one attached hydrogen (secondary N) is 1. The molecule has 0 aliphatic rings. The van der Waals surface area contributed by atoms with E-state index in [0.29, 0.717) is 17.2 Å². The molecule has 0 spiro atoms. The maximum atomic E-state index is 11.7. The van der Waals surface area contributed by atoms with Crippen molar-refractivity contribution < 1.29 is 4.92 Å². The van der Waals surface area contributed by atoms with Gasteiger partial charge in [0.25, 0.3) is 5.69 Å². The van der Waals surface area contributed by atoms with Crippen molar-refractivity contribution in [2.75, 3.05) is 0 Å². The average Bonchev–Trinajstić information content (AvgIpc) is 4.35. The van der Waals surface area contributed by atoms with Crippen molar-refractivity contribution in [3.63, 3.8) is 0 Å². The van der Waals surface area contributed by atoms with Crippen LogP contribution in [0.25, 0.3) is 134 Å². The van der Waals surface area contributed by atoms with E-state index in [0.717, 1.165) is 101 Å². The normalized spacial score (nSPS) is 11.3. The standard InChI is InChI=1S/C36H24N4O2.C36H24N4/c41-40(42)34-17-8-7-16-31(34)28-19-18-27-20-21-39(35(27)23-28)30-15-9-14-29(22-30)36-37-32(25-10-3-1-4-11-25)24-33(38-36)26-12-5-2-6-13-26;1-3-10-24(11-4-1)32-23-33(25-12-5-2-6-13-25)39-36(38-32)27-14-9-15-28(22-27)40-21-20-26-18-19-30-29-16-7-8-17-31(29)37-34(30)35(26)40/h1-24H;1-23,37H. The fraction of sp³-hybridized carbons (Fsp3) is 0. The molecule has 10 aromatic carbocycles. The lowest BCUT2D eigenvalue weighted by Gasteiger charge is -2.12. The minimum absolute atomic E-state index is 0.0848. The fourth-order valence-electron chi connectivity index (χ4n) is 10.9. The molecule has 0 radical (unpaired) electrons. The van der Waals surface area contributed by atoms with Crippen LogP contribution in [0.1, 0.15) is 0 Å². The quantitative estimate of drug-likeness (QED) is 0.108. The lowest BCUT2D eigenvalue weighted by Crippen LogP contribution is -1.98. The van der Waals surface area contributed by atoms with Crippen molar-refractivity contribution in [3.05, 3.63) is 295 Å². The van der Waals surface area contributed by atoms with Crippen molar-refractivity contribution in [3.8, 4) is 90.3 Å². The Hall–Kier alpha value is -11.4. The number of hydrogen-bond acceptors (Lipinski definition) is 6. The van der Waals surface area contributed by atoms with Crippen molar-refractivity contribution >= 4 is 49.3 Å². The first-order valence-electron chi connectivity index (χ1n) is 27.0. The second-order valence-electron chi connectivity index (χ2n) is 20.0. The Morgan fingerprint density at radius 2 is 0.829 bits per heavy atom. The van der Waals surface area contributed by atoms with Crippen LogP contribution in [0.4, 0.5) is 5.69 Å². The van der Waals surface area contributed by atoms with E-state index in [4.69, 9.17) is 19.9 Å². The van der Waals surface area contributed by atoms with Crippen LogP contribution in [0.3, 0.4) is 0 Å².